The lowest BCUT2D eigenvalue weighted by Crippen LogP contribution is -2.35. The Morgan fingerprint density at radius 1 is 1.33 bits per heavy atom. The Bertz CT molecular complexity index is 458. The van der Waals surface area contributed by atoms with E-state index >= 15 is 0 Å². The van der Waals surface area contributed by atoms with Gasteiger partial charge in [0.15, 0.2) is 5.16 Å². The molecule has 0 fully saturated rings. The van der Waals surface area contributed by atoms with Gasteiger partial charge in [0.05, 0.1) is 5.75 Å². The summed E-state index contributed by atoms with van der Waals surface area (Å²) < 4.78 is 0. The van der Waals surface area contributed by atoms with Crippen LogP contribution < -0.4 is 5.73 Å². The smallest absolute Gasteiger partial charge is 0.232 e. The molecule has 0 aliphatic carbocycles. The molecule has 2 N–H and O–H groups in total. The predicted molar refractivity (Wildman–Crippen MR) is 87.3 cm³/mol. The average Bonchev–Trinajstić information content (AvgIpc) is 2.40. The maximum atomic E-state index is 12.1. The third kappa shape index (κ3) is 6.44. The minimum Gasteiger partial charge on any atom is -0.345 e. The molecule has 0 saturated heterocycles. The fourth-order valence-electron chi connectivity index (χ4n) is 1.80. The van der Waals surface area contributed by atoms with Gasteiger partial charge in [0.25, 0.3) is 0 Å². The number of hydrogen-bond donors (Lipinski definition) is 1. The van der Waals surface area contributed by atoms with Crippen molar-refractivity contribution in [3.05, 3.63) is 17.5 Å². The Morgan fingerprint density at radius 2 is 1.90 bits per heavy atom. The molecule has 0 spiro atoms. The van der Waals surface area contributed by atoms with Crippen LogP contribution in [-0.4, -0.2) is 46.2 Å². The van der Waals surface area contributed by atoms with Gasteiger partial charge in [-0.05, 0) is 32.3 Å². The van der Waals surface area contributed by atoms with Crippen molar-refractivity contribution in [1.29, 1.82) is 0 Å². The third-order valence-corrected chi connectivity index (χ3v) is 4.20. The second-order valence-corrected chi connectivity index (χ2v) is 6.68. The second-order valence-electron chi connectivity index (χ2n) is 5.73. The Kier molecular flexibility index (Phi) is 7.11. The van der Waals surface area contributed by atoms with Gasteiger partial charge in [0.2, 0.25) is 5.91 Å². The van der Waals surface area contributed by atoms with E-state index in [2.05, 4.69) is 23.8 Å². The minimum absolute atomic E-state index is 0.0821. The largest absolute Gasteiger partial charge is 0.345 e. The molecule has 1 rings (SSSR count). The number of hydrogen-bond acceptors (Lipinski definition) is 5. The molecule has 1 aromatic heterocycles. The molecule has 1 unspecified atom stereocenters. The van der Waals surface area contributed by atoms with Crippen molar-refractivity contribution in [3.63, 3.8) is 0 Å². The summed E-state index contributed by atoms with van der Waals surface area (Å²) in [6.45, 7) is 8.74. The van der Waals surface area contributed by atoms with Gasteiger partial charge in [-0.15, -0.1) is 0 Å². The molecule has 1 amide bonds. The van der Waals surface area contributed by atoms with E-state index in [4.69, 9.17) is 5.73 Å². The van der Waals surface area contributed by atoms with Crippen LogP contribution in [0.3, 0.4) is 0 Å². The molecule has 6 heteroatoms. The van der Waals surface area contributed by atoms with E-state index in [0.29, 0.717) is 23.4 Å². The summed E-state index contributed by atoms with van der Waals surface area (Å²) in [5.74, 6) is 0.876. The van der Waals surface area contributed by atoms with E-state index in [1.165, 1.54) is 11.8 Å². The van der Waals surface area contributed by atoms with Crippen molar-refractivity contribution in [2.75, 3.05) is 19.3 Å². The van der Waals surface area contributed by atoms with E-state index in [1.807, 2.05) is 27.0 Å². The number of rotatable bonds is 7. The molecule has 118 valence electrons. The van der Waals surface area contributed by atoms with Crippen LogP contribution in [0.4, 0.5) is 0 Å². The number of nitrogens with two attached hydrogens (primary N) is 1. The van der Waals surface area contributed by atoms with Gasteiger partial charge in [-0.3, -0.25) is 4.79 Å². The van der Waals surface area contributed by atoms with Crippen LogP contribution in [0.2, 0.25) is 0 Å². The Balaban J connectivity index is 2.42. The Morgan fingerprint density at radius 3 is 2.43 bits per heavy atom. The fourth-order valence-corrected chi connectivity index (χ4v) is 2.69. The van der Waals surface area contributed by atoms with E-state index < -0.39 is 0 Å². The lowest BCUT2D eigenvalue weighted by atomic mass is 10.0. The summed E-state index contributed by atoms with van der Waals surface area (Å²) in [7, 11) is 1.82. The highest BCUT2D eigenvalue weighted by molar-refractivity contribution is 7.99. The number of nitrogens with zero attached hydrogens (tertiary/aromatic N) is 3. The third-order valence-electron chi connectivity index (χ3n) is 3.37. The Labute approximate surface area is 131 Å². The summed E-state index contributed by atoms with van der Waals surface area (Å²) in [5.41, 5.74) is 7.85. The summed E-state index contributed by atoms with van der Waals surface area (Å²) >= 11 is 1.38. The van der Waals surface area contributed by atoms with Crippen LogP contribution in [0, 0.1) is 19.8 Å². The van der Waals surface area contributed by atoms with Crippen molar-refractivity contribution >= 4 is 17.7 Å². The molecule has 0 aromatic carbocycles. The molecule has 0 aliphatic heterocycles. The molecule has 1 heterocycles. The quantitative estimate of drug-likeness (QED) is 0.616. The first-order valence-corrected chi connectivity index (χ1v) is 8.22. The van der Waals surface area contributed by atoms with Crippen LogP contribution >= 0.6 is 11.8 Å². The lowest BCUT2D eigenvalue weighted by Gasteiger charge is -2.21. The molecule has 5 nitrogen and oxygen atoms in total. The first kappa shape index (κ1) is 17.9. The van der Waals surface area contributed by atoms with Crippen molar-refractivity contribution in [2.45, 2.75) is 45.3 Å². The maximum absolute atomic E-state index is 12.1. The average molecular weight is 310 g/mol. The zero-order chi connectivity index (χ0) is 16.0. The van der Waals surface area contributed by atoms with Crippen molar-refractivity contribution < 1.29 is 4.79 Å². The predicted octanol–water partition coefficient (Wildman–Crippen LogP) is 2.02. The molecular weight excluding hydrogens is 284 g/mol. The standard InChI is InChI=1S/C15H26N4OS/c1-10(2)13(16)6-7-19(5)14(20)9-21-15-17-11(3)8-12(4)18-15/h8,10,13H,6-7,9,16H2,1-5H3. The molecule has 0 radical (unpaired) electrons. The Hall–Kier alpha value is -1.14. The molecule has 1 atom stereocenters. The monoisotopic (exact) mass is 310 g/mol. The van der Waals surface area contributed by atoms with Crippen LogP contribution in [0.1, 0.15) is 31.7 Å². The first-order valence-electron chi connectivity index (χ1n) is 7.24. The SMILES string of the molecule is Cc1cc(C)nc(SCC(=O)N(C)CCC(N)C(C)C)n1. The number of aryl methyl sites for hydroxylation is 2. The molecule has 0 bridgehead atoms. The van der Waals surface area contributed by atoms with Gasteiger partial charge in [-0.1, -0.05) is 25.6 Å². The highest BCUT2D eigenvalue weighted by atomic mass is 32.2. The molecule has 0 saturated carbocycles. The van der Waals surface area contributed by atoms with Gasteiger partial charge in [0.1, 0.15) is 0 Å². The molecule has 0 aliphatic rings. The van der Waals surface area contributed by atoms with Crippen molar-refractivity contribution in [2.24, 2.45) is 11.7 Å². The van der Waals surface area contributed by atoms with Crippen LogP contribution in [0.25, 0.3) is 0 Å². The van der Waals surface area contributed by atoms with Crippen LogP contribution in [0.5, 0.6) is 0 Å². The highest BCUT2D eigenvalue weighted by Crippen LogP contribution is 2.14. The second kappa shape index (κ2) is 8.34. The summed E-state index contributed by atoms with van der Waals surface area (Å²) in [6, 6.07) is 2.06. The summed E-state index contributed by atoms with van der Waals surface area (Å²) in [4.78, 5) is 22.5. The van der Waals surface area contributed by atoms with Crippen LogP contribution in [0.15, 0.2) is 11.2 Å². The number of aromatic nitrogens is 2. The zero-order valence-electron chi connectivity index (χ0n) is 13.6. The number of carbonyl (C=O) groups is 1. The van der Waals surface area contributed by atoms with E-state index in [0.717, 1.165) is 17.8 Å². The number of amides is 1. The van der Waals surface area contributed by atoms with E-state index in [9.17, 15) is 4.79 Å². The van der Waals surface area contributed by atoms with E-state index in [1.54, 1.807) is 4.90 Å². The van der Waals surface area contributed by atoms with Crippen molar-refractivity contribution in [1.82, 2.24) is 14.9 Å². The van der Waals surface area contributed by atoms with Gasteiger partial charge in [-0.2, -0.15) is 0 Å². The number of thioether (sulfide) groups is 1. The summed E-state index contributed by atoms with van der Waals surface area (Å²) in [6.07, 6.45) is 0.824. The normalized spacial score (nSPS) is 12.5. The van der Waals surface area contributed by atoms with E-state index in [-0.39, 0.29) is 11.9 Å². The fraction of sp³-hybridized carbons (Fsp3) is 0.667. The first-order chi connectivity index (χ1) is 9.79. The zero-order valence-corrected chi connectivity index (χ0v) is 14.4. The van der Waals surface area contributed by atoms with Crippen LogP contribution in [-0.2, 0) is 4.79 Å². The van der Waals surface area contributed by atoms with Crippen molar-refractivity contribution in [3.8, 4) is 0 Å². The molecule has 21 heavy (non-hydrogen) atoms. The highest BCUT2D eigenvalue weighted by Gasteiger charge is 2.13. The van der Waals surface area contributed by atoms with Gasteiger partial charge >= 0.3 is 0 Å². The maximum Gasteiger partial charge on any atom is 0.232 e. The minimum atomic E-state index is 0.0821. The molecule has 1 aromatic rings. The van der Waals surface area contributed by atoms with Gasteiger partial charge in [0, 0.05) is 31.0 Å². The van der Waals surface area contributed by atoms with Gasteiger partial charge < -0.3 is 10.6 Å². The summed E-state index contributed by atoms with van der Waals surface area (Å²) in [5, 5.41) is 0.660. The van der Waals surface area contributed by atoms with Gasteiger partial charge in [-0.25, -0.2) is 9.97 Å². The lowest BCUT2D eigenvalue weighted by molar-refractivity contribution is -0.127. The topological polar surface area (TPSA) is 72.1 Å². The molecular formula is C15H26N4OS. The number of carbonyl (C=O) groups excluding carboxylic acids is 1.